The molecule has 3 N–H and O–H groups in total. The van der Waals surface area contributed by atoms with Crippen LogP contribution in [-0.2, 0) is 14.3 Å². The number of nitrogens with one attached hydrogen (secondary N) is 1. The highest BCUT2D eigenvalue weighted by Gasteiger charge is 2.20. The summed E-state index contributed by atoms with van der Waals surface area (Å²) in [5, 5.41) is 23.4. The number of carbonyl (C=O) groups is 2. The van der Waals surface area contributed by atoms with Crippen molar-refractivity contribution in [3.63, 3.8) is 0 Å². The van der Waals surface area contributed by atoms with Crippen LogP contribution < -0.4 is 5.32 Å². The van der Waals surface area contributed by atoms with E-state index in [1.807, 2.05) is 0 Å². The molecule has 1 amide bonds. The molecule has 0 aromatic carbocycles. The Morgan fingerprint density at radius 3 is 0.922 bits per heavy atom. The fraction of sp³-hybridized carbons (Fsp3) is 0.915. The second-order valence-corrected chi connectivity index (χ2v) is 24.2. The van der Waals surface area contributed by atoms with E-state index in [4.69, 9.17) is 4.74 Å². The lowest BCUT2D eigenvalue weighted by Crippen LogP contribution is -2.45. The Kier molecular flexibility index (Phi) is 65.4. The molecule has 0 bridgehead atoms. The summed E-state index contributed by atoms with van der Waals surface area (Å²) in [7, 11) is 0. The SMILES string of the molecule is CCCCCCCC/C=C\CCCCCCCCCCCC(=O)OCCCCCCCCCCCCCC/C=C\CCCCCCCCCCC(=O)NC(CO)C(O)CCCCCCCCCCCCCCCCCCC. The van der Waals surface area contributed by atoms with Gasteiger partial charge in [-0.1, -0.05) is 327 Å². The molecule has 2 atom stereocenters. The summed E-state index contributed by atoms with van der Waals surface area (Å²) >= 11 is 0. The van der Waals surface area contributed by atoms with Crippen LogP contribution in [0.15, 0.2) is 24.3 Å². The normalized spacial score (nSPS) is 12.6. The summed E-state index contributed by atoms with van der Waals surface area (Å²) in [4.78, 5) is 24.6. The molecule has 0 heterocycles. The first-order chi connectivity index (χ1) is 38.0. The molecule has 456 valence electrons. The molecule has 6 heteroatoms. The summed E-state index contributed by atoms with van der Waals surface area (Å²) in [5.74, 6) is -0.0233. The zero-order valence-electron chi connectivity index (χ0n) is 52.2. The lowest BCUT2D eigenvalue weighted by Gasteiger charge is -2.22. The second kappa shape index (κ2) is 66.8. The first-order valence-corrected chi connectivity index (χ1v) is 35.1. The van der Waals surface area contributed by atoms with Gasteiger partial charge in [-0.2, -0.15) is 0 Å². The number of ether oxygens (including phenoxy) is 1. The fourth-order valence-corrected chi connectivity index (χ4v) is 11.1. The van der Waals surface area contributed by atoms with E-state index in [2.05, 4.69) is 43.5 Å². The van der Waals surface area contributed by atoms with E-state index in [1.165, 1.54) is 315 Å². The summed E-state index contributed by atoms with van der Waals surface area (Å²) in [6.07, 6.45) is 83.6. The average molecular weight is 1080 g/mol. The molecule has 0 aromatic rings. The Balaban J connectivity index is 3.38. The topological polar surface area (TPSA) is 95.9 Å². The van der Waals surface area contributed by atoms with Crippen LogP contribution in [0.4, 0.5) is 0 Å². The quantitative estimate of drug-likeness (QED) is 0.0320. The van der Waals surface area contributed by atoms with E-state index in [9.17, 15) is 19.8 Å². The molecule has 0 aliphatic rings. The summed E-state index contributed by atoms with van der Waals surface area (Å²) in [5.41, 5.74) is 0. The number of hydrogen-bond donors (Lipinski definition) is 3. The zero-order chi connectivity index (χ0) is 55.7. The van der Waals surface area contributed by atoms with Crippen LogP contribution in [0.3, 0.4) is 0 Å². The first-order valence-electron chi connectivity index (χ1n) is 35.1. The van der Waals surface area contributed by atoms with Gasteiger partial charge in [-0.15, -0.1) is 0 Å². The smallest absolute Gasteiger partial charge is 0.305 e. The highest BCUT2D eigenvalue weighted by atomic mass is 16.5. The van der Waals surface area contributed by atoms with E-state index < -0.39 is 12.1 Å². The summed E-state index contributed by atoms with van der Waals surface area (Å²) in [6.45, 7) is 4.98. The van der Waals surface area contributed by atoms with Crippen LogP contribution >= 0.6 is 0 Å². The molecule has 6 nitrogen and oxygen atoms in total. The number of unbranched alkanes of at least 4 members (excludes halogenated alkanes) is 51. The predicted molar refractivity (Wildman–Crippen MR) is 338 cm³/mol. The molecular weight excluding hydrogens is 947 g/mol. The maximum atomic E-state index is 12.5. The molecule has 0 radical (unpaired) electrons. The van der Waals surface area contributed by atoms with Crippen molar-refractivity contribution >= 4 is 11.9 Å². The van der Waals surface area contributed by atoms with Gasteiger partial charge in [0.15, 0.2) is 0 Å². The second-order valence-electron chi connectivity index (χ2n) is 24.2. The molecule has 0 rings (SSSR count). The molecule has 2 unspecified atom stereocenters. The van der Waals surface area contributed by atoms with Crippen LogP contribution in [0.5, 0.6) is 0 Å². The maximum absolute atomic E-state index is 12.5. The van der Waals surface area contributed by atoms with E-state index >= 15 is 0 Å². The van der Waals surface area contributed by atoms with Gasteiger partial charge in [-0.3, -0.25) is 9.59 Å². The van der Waals surface area contributed by atoms with Crippen molar-refractivity contribution in [2.75, 3.05) is 13.2 Å². The van der Waals surface area contributed by atoms with Crippen molar-refractivity contribution in [1.29, 1.82) is 0 Å². The maximum Gasteiger partial charge on any atom is 0.305 e. The molecule has 77 heavy (non-hydrogen) atoms. The van der Waals surface area contributed by atoms with Gasteiger partial charge in [0.25, 0.3) is 0 Å². The highest BCUT2D eigenvalue weighted by molar-refractivity contribution is 5.76. The minimum absolute atomic E-state index is 0.0130. The van der Waals surface area contributed by atoms with Gasteiger partial charge in [0.2, 0.25) is 5.91 Å². The third kappa shape index (κ3) is 63.4. The van der Waals surface area contributed by atoms with Crippen molar-refractivity contribution in [1.82, 2.24) is 5.32 Å². The van der Waals surface area contributed by atoms with Gasteiger partial charge >= 0.3 is 5.97 Å². The van der Waals surface area contributed by atoms with E-state index in [0.717, 1.165) is 44.9 Å². The Morgan fingerprint density at radius 2 is 0.610 bits per heavy atom. The summed E-state index contributed by atoms with van der Waals surface area (Å²) in [6, 6.07) is -0.545. The van der Waals surface area contributed by atoms with Crippen molar-refractivity contribution in [3.8, 4) is 0 Å². The van der Waals surface area contributed by atoms with Gasteiger partial charge in [0.1, 0.15) is 0 Å². The largest absolute Gasteiger partial charge is 0.466 e. The van der Waals surface area contributed by atoms with Crippen molar-refractivity contribution < 1.29 is 24.5 Å². The molecule has 0 spiro atoms. The van der Waals surface area contributed by atoms with Gasteiger partial charge in [-0.25, -0.2) is 0 Å². The molecule has 0 fully saturated rings. The van der Waals surface area contributed by atoms with E-state index in [1.54, 1.807) is 0 Å². The zero-order valence-corrected chi connectivity index (χ0v) is 52.2. The molecule has 0 saturated carbocycles. The van der Waals surface area contributed by atoms with Gasteiger partial charge in [-0.05, 0) is 77.0 Å². The lowest BCUT2D eigenvalue weighted by molar-refractivity contribution is -0.143. The predicted octanol–water partition coefficient (Wildman–Crippen LogP) is 22.5. The monoisotopic (exact) mass is 1080 g/mol. The van der Waals surface area contributed by atoms with Crippen molar-refractivity contribution in [3.05, 3.63) is 24.3 Å². The number of rotatable bonds is 66. The molecule has 0 aliphatic carbocycles. The average Bonchev–Trinajstić information content (AvgIpc) is 3.43. The third-order valence-electron chi connectivity index (χ3n) is 16.5. The van der Waals surface area contributed by atoms with Crippen LogP contribution in [-0.4, -0.2) is 47.4 Å². The number of carbonyl (C=O) groups excluding carboxylic acids is 2. The van der Waals surface area contributed by atoms with Crippen LogP contribution in [0.25, 0.3) is 0 Å². The number of aliphatic hydroxyl groups is 2. The van der Waals surface area contributed by atoms with Crippen LogP contribution in [0.2, 0.25) is 0 Å². The van der Waals surface area contributed by atoms with Crippen molar-refractivity contribution in [2.24, 2.45) is 0 Å². The van der Waals surface area contributed by atoms with Crippen LogP contribution in [0, 0.1) is 0 Å². The highest BCUT2D eigenvalue weighted by Crippen LogP contribution is 2.19. The van der Waals surface area contributed by atoms with E-state index in [-0.39, 0.29) is 18.5 Å². The minimum Gasteiger partial charge on any atom is -0.466 e. The Morgan fingerprint density at radius 1 is 0.351 bits per heavy atom. The molecule has 0 saturated heterocycles. The van der Waals surface area contributed by atoms with Crippen LogP contribution in [0.1, 0.15) is 393 Å². The number of amides is 1. The number of esters is 1. The molecular formula is C71H137NO5. The number of allylic oxidation sites excluding steroid dienone is 4. The molecule has 0 aromatic heterocycles. The lowest BCUT2D eigenvalue weighted by atomic mass is 10.0. The Hall–Kier alpha value is -1.66. The summed E-state index contributed by atoms with van der Waals surface area (Å²) < 4.78 is 5.51. The third-order valence-corrected chi connectivity index (χ3v) is 16.5. The van der Waals surface area contributed by atoms with E-state index in [0.29, 0.717) is 25.9 Å². The Bertz CT molecular complexity index is 1200. The van der Waals surface area contributed by atoms with Gasteiger partial charge < -0.3 is 20.3 Å². The number of hydrogen-bond acceptors (Lipinski definition) is 5. The van der Waals surface area contributed by atoms with Gasteiger partial charge in [0.05, 0.1) is 25.4 Å². The van der Waals surface area contributed by atoms with Crippen molar-refractivity contribution in [2.45, 2.75) is 405 Å². The standard InChI is InChI=1S/C71H137NO5/c1-3-5-7-9-11-13-15-17-19-21-28-33-37-41-45-49-53-57-61-65-71(76)77-66-62-58-54-50-46-42-38-34-30-27-25-23-22-24-26-29-32-36-40-44-48-52-56-60-64-70(75)72-68(67-73)69(74)63-59-55-51-47-43-39-35-31-20-18-16-14-12-10-8-6-4-2/h17,19,24,26,68-69,73-74H,3-16,18,20-23,25,27-67H2,1-2H3,(H,72,75)/b19-17-,26-24-. The fourth-order valence-electron chi connectivity index (χ4n) is 11.1. The Labute approximate surface area is 481 Å². The van der Waals surface area contributed by atoms with Gasteiger partial charge in [0, 0.05) is 12.8 Å². The minimum atomic E-state index is -0.667. The number of aliphatic hydroxyl groups excluding tert-OH is 2. The molecule has 0 aliphatic heterocycles. The first kappa shape index (κ1) is 75.3.